The molecule has 0 radical (unpaired) electrons. The van der Waals surface area contributed by atoms with Crippen LogP contribution in [-0.4, -0.2) is 28.0 Å². The first-order valence-electron chi connectivity index (χ1n) is 7.07. The Kier molecular flexibility index (Phi) is 5.50. The number of pyridine rings is 1. The van der Waals surface area contributed by atoms with E-state index in [0.29, 0.717) is 0 Å². The van der Waals surface area contributed by atoms with Gasteiger partial charge in [-0.15, -0.1) is 0 Å². The van der Waals surface area contributed by atoms with E-state index < -0.39 is 0 Å². The molecule has 5 nitrogen and oxygen atoms in total. The average Bonchev–Trinajstić information content (AvgIpc) is 2.48. The number of hydrogen-bond acceptors (Lipinski definition) is 5. The first kappa shape index (κ1) is 15.7. The Morgan fingerprint density at radius 3 is 2.71 bits per heavy atom. The summed E-state index contributed by atoms with van der Waals surface area (Å²) in [6.45, 7) is 8.54. The van der Waals surface area contributed by atoms with Crippen LogP contribution in [-0.2, 0) is 6.54 Å². The molecule has 0 bridgehead atoms. The van der Waals surface area contributed by atoms with Gasteiger partial charge in [-0.3, -0.25) is 4.98 Å². The fourth-order valence-electron chi connectivity index (χ4n) is 2.09. The summed E-state index contributed by atoms with van der Waals surface area (Å²) in [5.41, 5.74) is 2.06. The van der Waals surface area contributed by atoms with Crippen molar-refractivity contribution in [1.82, 2.24) is 15.0 Å². The second-order valence-corrected chi connectivity index (χ2v) is 5.47. The van der Waals surface area contributed by atoms with Gasteiger partial charge in [0.15, 0.2) is 0 Å². The number of aromatic nitrogens is 3. The van der Waals surface area contributed by atoms with Crippen LogP contribution in [0.3, 0.4) is 0 Å². The molecule has 6 heteroatoms. The van der Waals surface area contributed by atoms with Crippen LogP contribution in [0.5, 0.6) is 0 Å². The van der Waals surface area contributed by atoms with Gasteiger partial charge < -0.3 is 10.2 Å². The van der Waals surface area contributed by atoms with Crippen molar-refractivity contribution in [2.75, 3.05) is 23.3 Å². The van der Waals surface area contributed by atoms with E-state index in [4.69, 9.17) is 0 Å². The Morgan fingerprint density at radius 1 is 1.24 bits per heavy atom. The Balaban J connectivity index is 2.27. The molecule has 0 aromatic carbocycles. The Morgan fingerprint density at radius 2 is 2.05 bits per heavy atom. The highest BCUT2D eigenvalue weighted by Gasteiger charge is 2.15. The number of aryl methyl sites for hydroxylation is 1. The molecular weight excluding hydrogens is 330 g/mol. The van der Waals surface area contributed by atoms with Crippen LogP contribution in [0.4, 0.5) is 11.6 Å². The van der Waals surface area contributed by atoms with Crippen molar-refractivity contribution < 1.29 is 0 Å². The lowest BCUT2D eigenvalue weighted by molar-refractivity contribution is 0.785. The van der Waals surface area contributed by atoms with Crippen LogP contribution >= 0.6 is 15.9 Å². The largest absolute Gasteiger partial charge is 0.369 e. The van der Waals surface area contributed by atoms with Crippen LogP contribution < -0.4 is 10.2 Å². The zero-order valence-corrected chi connectivity index (χ0v) is 14.2. The third kappa shape index (κ3) is 3.91. The maximum Gasteiger partial charge on any atom is 0.148 e. The molecule has 0 amide bonds. The number of hydrogen-bond donors (Lipinski definition) is 1. The van der Waals surface area contributed by atoms with Crippen molar-refractivity contribution in [1.29, 1.82) is 0 Å². The molecule has 1 N–H and O–H groups in total. The quantitative estimate of drug-likeness (QED) is 0.865. The maximum absolute atomic E-state index is 4.56. The molecular formula is C15H20BrN5. The third-order valence-electron chi connectivity index (χ3n) is 3.10. The van der Waals surface area contributed by atoms with Crippen LogP contribution in [0, 0.1) is 6.92 Å². The minimum atomic E-state index is 0.722. The highest BCUT2D eigenvalue weighted by Crippen LogP contribution is 2.30. The molecule has 0 aliphatic heterocycles. The van der Waals surface area contributed by atoms with E-state index in [1.54, 1.807) is 6.33 Å². The van der Waals surface area contributed by atoms with E-state index in [2.05, 4.69) is 48.0 Å². The monoisotopic (exact) mass is 349 g/mol. The lowest BCUT2D eigenvalue weighted by atomic mass is 10.3. The van der Waals surface area contributed by atoms with E-state index >= 15 is 0 Å². The maximum atomic E-state index is 4.56. The number of halogens is 1. The van der Waals surface area contributed by atoms with Crippen molar-refractivity contribution in [2.45, 2.75) is 27.3 Å². The summed E-state index contributed by atoms with van der Waals surface area (Å²) >= 11 is 3.60. The summed E-state index contributed by atoms with van der Waals surface area (Å²) in [7, 11) is 0. The van der Waals surface area contributed by atoms with E-state index in [1.165, 1.54) is 0 Å². The first-order valence-corrected chi connectivity index (χ1v) is 7.86. The topological polar surface area (TPSA) is 53.9 Å². The zero-order chi connectivity index (χ0) is 15.2. The van der Waals surface area contributed by atoms with Gasteiger partial charge in [0.1, 0.15) is 22.4 Å². The number of anilines is 2. The predicted molar refractivity (Wildman–Crippen MR) is 89.6 cm³/mol. The molecule has 0 spiro atoms. The summed E-state index contributed by atoms with van der Waals surface area (Å²) < 4.78 is 0.890. The van der Waals surface area contributed by atoms with Gasteiger partial charge in [-0.2, -0.15) is 0 Å². The SMILES string of the molecule is CCNc1ncnc(N(CC)Cc2cccc(C)n2)c1Br. The van der Waals surface area contributed by atoms with Gasteiger partial charge in [0.2, 0.25) is 0 Å². The molecule has 0 fully saturated rings. The van der Waals surface area contributed by atoms with E-state index in [-0.39, 0.29) is 0 Å². The van der Waals surface area contributed by atoms with Gasteiger partial charge in [0, 0.05) is 18.8 Å². The number of rotatable bonds is 6. The lowest BCUT2D eigenvalue weighted by Gasteiger charge is -2.23. The summed E-state index contributed by atoms with van der Waals surface area (Å²) in [6.07, 6.45) is 1.59. The molecule has 2 aromatic heterocycles. The zero-order valence-electron chi connectivity index (χ0n) is 12.6. The predicted octanol–water partition coefficient (Wildman–Crippen LogP) is 3.40. The van der Waals surface area contributed by atoms with Crippen LogP contribution in [0.25, 0.3) is 0 Å². The molecule has 2 heterocycles. The van der Waals surface area contributed by atoms with Gasteiger partial charge >= 0.3 is 0 Å². The van der Waals surface area contributed by atoms with E-state index in [0.717, 1.165) is 47.1 Å². The molecule has 0 aliphatic rings. The fraction of sp³-hybridized carbons (Fsp3) is 0.400. The number of nitrogens with zero attached hydrogens (tertiary/aromatic N) is 4. The Bertz CT molecular complexity index is 602. The molecule has 2 rings (SSSR count). The van der Waals surface area contributed by atoms with Crippen LogP contribution in [0.2, 0.25) is 0 Å². The third-order valence-corrected chi connectivity index (χ3v) is 3.83. The summed E-state index contributed by atoms with van der Waals surface area (Å²) in [5, 5.41) is 3.23. The van der Waals surface area contributed by atoms with E-state index in [9.17, 15) is 0 Å². The lowest BCUT2D eigenvalue weighted by Crippen LogP contribution is -2.24. The first-order chi connectivity index (χ1) is 10.2. The van der Waals surface area contributed by atoms with Crippen molar-refractivity contribution in [3.05, 3.63) is 40.4 Å². The molecule has 21 heavy (non-hydrogen) atoms. The molecule has 0 atom stereocenters. The standard InChI is InChI=1S/C15H20BrN5/c1-4-17-14-13(16)15(19-10-18-14)21(5-2)9-12-8-6-7-11(3)20-12/h6-8,10H,4-5,9H2,1-3H3,(H,17,18,19). The van der Waals surface area contributed by atoms with Crippen molar-refractivity contribution in [3.63, 3.8) is 0 Å². The van der Waals surface area contributed by atoms with Crippen molar-refractivity contribution in [3.8, 4) is 0 Å². The molecule has 0 saturated carbocycles. The second kappa shape index (κ2) is 7.36. The number of nitrogens with one attached hydrogen (secondary N) is 1. The minimum absolute atomic E-state index is 0.722. The minimum Gasteiger partial charge on any atom is -0.369 e. The van der Waals surface area contributed by atoms with Crippen molar-refractivity contribution in [2.24, 2.45) is 0 Å². The van der Waals surface area contributed by atoms with Gasteiger partial charge in [-0.1, -0.05) is 6.07 Å². The second-order valence-electron chi connectivity index (χ2n) is 4.67. The molecule has 0 saturated heterocycles. The molecule has 0 unspecified atom stereocenters. The molecule has 2 aromatic rings. The normalized spacial score (nSPS) is 10.5. The average molecular weight is 350 g/mol. The Labute approximate surface area is 134 Å². The fourth-order valence-corrected chi connectivity index (χ4v) is 2.69. The van der Waals surface area contributed by atoms with Gasteiger partial charge in [0.05, 0.1) is 12.2 Å². The smallest absolute Gasteiger partial charge is 0.148 e. The highest BCUT2D eigenvalue weighted by atomic mass is 79.9. The van der Waals surface area contributed by atoms with E-state index in [1.807, 2.05) is 32.0 Å². The van der Waals surface area contributed by atoms with Crippen LogP contribution in [0.1, 0.15) is 25.2 Å². The molecule has 0 aliphatic carbocycles. The van der Waals surface area contributed by atoms with Gasteiger partial charge in [-0.05, 0) is 48.8 Å². The molecule has 112 valence electrons. The van der Waals surface area contributed by atoms with Crippen molar-refractivity contribution >= 4 is 27.6 Å². The summed E-state index contributed by atoms with van der Waals surface area (Å²) in [5.74, 6) is 1.70. The van der Waals surface area contributed by atoms with Gasteiger partial charge in [-0.25, -0.2) is 9.97 Å². The highest BCUT2D eigenvalue weighted by molar-refractivity contribution is 9.10. The summed E-state index contributed by atoms with van der Waals surface area (Å²) in [4.78, 5) is 15.4. The summed E-state index contributed by atoms with van der Waals surface area (Å²) in [6, 6.07) is 6.07. The van der Waals surface area contributed by atoms with Crippen LogP contribution in [0.15, 0.2) is 29.0 Å². The van der Waals surface area contributed by atoms with Gasteiger partial charge in [0.25, 0.3) is 0 Å². The Hall–Kier alpha value is -1.69.